The van der Waals surface area contributed by atoms with Crippen LogP contribution >= 0.6 is 0 Å². The van der Waals surface area contributed by atoms with Crippen LogP contribution in [-0.2, 0) is 6.54 Å². The van der Waals surface area contributed by atoms with E-state index in [-0.39, 0.29) is 6.04 Å². The molecule has 0 bridgehead atoms. The van der Waals surface area contributed by atoms with E-state index in [0.717, 1.165) is 6.07 Å². The van der Waals surface area contributed by atoms with Gasteiger partial charge in [-0.05, 0) is 19.9 Å². The van der Waals surface area contributed by atoms with Crippen molar-refractivity contribution < 1.29 is 8.78 Å². The summed E-state index contributed by atoms with van der Waals surface area (Å²) in [6, 6.07) is 4.51. The van der Waals surface area contributed by atoms with Crippen LogP contribution in [0.3, 0.4) is 0 Å². The predicted molar refractivity (Wildman–Crippen MR) is 61.0 cm³/mol. The molecule has 1 rings (SSSR count). The zero-order valence-corrected chi connectivity index (χ0v) is 9.71. The lowest BCUT2D eigenvalue weighted by molar-refractivity contribution is 0.215. The molecule has 0 aliphatic heterocycles. The van der Waals surface area contributed by atoms with Gasteiger partial charge in [0.2, 0.25) is 0 Å². The van der Waals surface area contributed by atoms with E-state index in [1.165, 1.54) is 6.07 Å². The van der Waals surface area contributed by atoms with Crippen LogP contribution in [0.25, 0.3) is 0 Å². The first-order valence-electron chi connectivity index (χ1n) is 5.43. The normalized spacial score (nSPS) is 11.4. The first kappa shape index (κ1) is 13.1. The summed E-state index contributed by atoms with van der Waals surface area (Å²) >= 11 is 0. The molecule has 16 heavy (non-hydrogen) atoms. The summed E-state index contributed by atoms with van der Waals surface area (Å²) in [4.78, 5) is 2.01. The quantitative estimate of drug-likeness (QED) is 0.836. The van der Waals surface area contributed by atoms with E-state index in [1.54, 1.807) is 6.07 Å². The number of nitrogens with zero attached hydrogens (tertiary/aromatic N) is 1. The van der Waals surface area contributed by atoms with Gasteiger partial charge < -0.3 is 5.73 Å². The number of nitrogens with two attached hydrogens (primary N) is 1. The van der Waals surface area contributed by atoms with Gasteiger partial charge in [0.15, 0.2) is 11.6 Å². The second-order valence-corrected chi connectivity index (χ2v) is 4.07. The molecule has 0 unspecified atom stereocenters. The van der Waals surface area contributed by atoms with Crippen LogP contribution in [0.2, 0.25) is 0 Å². The molecule has 0 aliphatic carbocycles. The summed E-state index contributed by atoms with van der Waals surface area (Å²) < 4.78 is 26.4. The lowest BCUT2D eigenvalue weighted by Crippen LogP contribution is -2.35. The van der Waals surface area contributed by atoms with Crippen molar-refractivity contribution in [1.82, 2.24) is 4.90 Å². The minimum absolute atomic E-state index is 0.256. The van der Waals surface area contributed by atoms with Gasteiger partial charge in [-0.1, -0.05) is 12.1 Å². The molecule has 0 aromatic heterocycles. The maximum atomic E-state index is 13.4. The van der Waals surface area contributed by atoms with E-state index in [4.69, 9.17) is 5.73 Å². The highest BCUT2D eigenvalue weighted by Crippen LogP contribution is 2.14. The SMILES string of the molecule is CC(C)N(CCN)Cc1cccc(F)c1F. The minimum atomic E-state index is -0.797. The smallest absolute Gasteiger partial charge is 0.163 e. The van der Waals surface area contributed by atoms with Gasteiger partial charge in [-0.3, -0.25) is 4.90 Å². The fourth-order valence-electron chi connectivity index (χ4n) is 1.58. The second kappa shape index (κ2) is 5.92. The average molecular weight is 228 g/mol. The summed E-state index contributed by atoms with van der Waals surface area (Å²) in [5.74, 6) is -1.56. The van der Waals surface area contributed by atoms with E-state index in [0.29, 0.717) is 25.2 Å². The average Bonchev–Trinajstić information content (AvgIpc) is 2.23. The highest BCUT2D eigenvalue weighted by Gasteiger charge is 2.13. The third kappa shape index (κ3) is 3.25. The first-order valence-corrected chi connectivity index (χ1v) is 5.43. The fourth-order valence-corrected chi connectivity index (χ4v) is 1.58. The molecule has 0 aliphatic rings. The lowest BCUT2D eigenvalue weighted by atomic mass is 10.1. The van der Waals surface area contributed by atoms with Gasteiger partial charge in [0.25, 0.3) is 0 Å². The van der Waals surface area contributed by atoms with Gasteiger partial charge in [0, 0.05) is 31.2 Å². The molecule has 0 heterocycles. The lowest BCUT2D eigenvalue weighted by Gasteiger charge is -2.26. The fraction of sp³-hybridized carbons (Fsp3) is 0.500. The zero-order valence-electron chi connectivity index (χ0n) is 9.71. The maximum absolute atomic E-state index is 13.4. The monoisotopic (exact) mass is 228 g/mol. The third-order valence-corrected chi connectivity index (χ3v) is 2.55. The van der Waals surface area contributed by atoms with Crippen molar-refractivity contribution in [3.05, 3.63) is 35.4 Å². The van der Waals surface area contributed by atoms with Gasteiger partial charge >= 0.3 is 0 Å². The Morgan fingerprint density at radius 1 is 1.31 bits per heavy atom. The molecule has 0 fully saturated rings. The van der Waals surface area contributed by atoms with Crippen LogP contribution < -0.4 is 5.73 Å². The van der Waals surface area contributed by atoms with Crippen molar-refractivity contribution >= 4 is 0 Å². The summed E-state index contributed by atoms with van der Waals surface area (Å²) in [5, 5.41) is 0. The minimum Gasteiger partial charge on any atom is -0.329 e. The van der Waals surface area contributed by atoms with Crippen LogP contribution in [0.5, 0.6) is 0 Å². The first-order chi connectivity index (χ1) is 7.56. The Bertz CT molecular complexity index is 340. The van der Waals surface area contributed by atoms with Gasteiger partial charge in [-0.25, -0.2) is 8.78 Å². The molecule has 4 heteroatoms. The topological polar surface area (TPSA) is 29.3 Å². The summed E-state index contributed by atoms with van der Waals surface area (Å²) in [7, 11) is 0. The Kier molecular flexibility index (Phi) is 4.83. The predicted octanol–water partition coefficient (Wildman–Crippen LogP) is 2.13. The third-order valence-electron chi connectivity index (χ3n) is 2.55. The Balaban J connectivity index is 2.81. The van der Waals surface area contributed by atoms with E-state index in [1.807, 2.05) is 18.7 Å². The molecule has 0 saturated carbocycles. The number of hydrogen-bond acceptors (Lipinski definition) is 2. The van der Waals surface area contributed by atoms with Crippen molar-refractivity contribution in [1.29, 1.82) is 0 Å². The highest BCUT2D eigenvalue weighted by atomic mass is 19.2. The number of hydrogen-bond donors (Lipinski definition) is 1. The molecule has 1 aromatic rings. The molecular weight excluding hydrogens is 210 g/mol. The summed E-state index contributed by atoms with van der Waals surface area (Å²) in [5.41, 5.74) is 5.86. The van der Waals surface area contributed by atoms with Crippen molar-refractivity contribution in [3.63, 3.8) is 0 Å². The van der Waals surface area contributed by atoms with Crippen LogP contribution in [0.4, 0.5) is 8.78 Å². The van der Waals surface area contributed by atoms with E-state index < -0.39 is 11.6 Å². The number of halogens is 2. The Morgan fingerprint density at radius 2 is 2.00 bits per heavy atom. The Labute approximate surface area is 95.1 Å². The van der Waals surface area contributed by atoms with Gasteiger partial charge in [0.1, 0.15) is 0 Å². The van der Waals surface area contributed by atoms with E-state index >= 15 is 0 Å². The van der Waals surface area contributed by atoms with E-state index in [9.17, 15) is 8.78 Å². The summed E-state index contributed by atoms with van der Waals surface area (Å²) in [6.07, 6.45) is 0. The zero-order chi connectivity index (χ0) is 12.1. The molecule has 2 N–H and O–H groups in total. The molecule has 1 aromatic carbocycles. The van der Waals surface area contributed by atoms with Gasteiger partial charge in [0.05, 0.1) is 0 Å². The van der Waals surface area contributed by atoms with Gasteiger partial charge in [-0.15, -0.1) is 0 Å². The molecular formula is C12H18F2N2. The molecule has 0 atom stereocenters. The van der Waals surface area contributed by atoms with Gasteiger partial charge in [-0.2, -0.15) is 0 Å². The van der Waals surface area contributed by atoms with Crippen LogP contribution in [0, 0.1) is 11.6 Å². The van der Waals surface area contributed by atoms with Crippen molar-refractivity contribution in [2.45, 2.75) is 26.4 Å². The Morgan fingerprint density at radius 3 is 2.56 bits per heavy atom. The standard InChI is InChI=1S/C12H18F2N2/c1-9(2)16(7-6-15)8-10-4-3-5-11(13)12(10)14/h3-5,9H,6-8,15H2,1-2H3. The molecule has 90 valence electrons. The highest BCUT2D eigenvalue weighted by molar-refractivity contribution is 5.18. The molecule has 0 saturated heterocycles. The van der Waals surface area contributed by atoms with E-state index in [2.05, 4.69) is 0 Å². The largest absolute Gasteiger partial charge is 0.329 e. The summed E-state index contributed by atoms with van der Waals surface area (Å²) in [6.45, 7) is 5.58. The second-order valence-electron chi connectivity index (χ2n) is 4.07. The van der Waals surface area contributed by atoms with Crippen molar-refractivity contribution in [3.8, 4) is 0 Å². The molecule has 0 spiro atoms. The number of benzene rings is 1. The maximum Gasteiger partial charge on any atom is 0.163 e. The van der Waals surface area contributed by atoms with Crippen molar-refractivity contribution in [2.24, 2.45) is 5.73 Å². The van der Waals surface area contributed by atoms with Crippen LogP contribution in [-0.4, -0.2) is 24.0 Å². The van der Waals surface area contributed by atoms with Crippen LogP contribution in [0.1, 0.15) is 19.4 Å². The van der Waals surface area contributed by atoms with Crippen molar-refractivity contribution in [2.75, 3.05) is 13.1 Å². The molecule has 0 radical (unpaired) electrons. The molecule has 0 amide bonds. The Hall–Kier alpha value is -1.00. The van der Waals surface area contributed by atoms with Crippen LogP contribution in [0.15, 0.2) is 18.2 Å². The number of rotatable bonds is 5. The molecule has 2 nitrogen and oxygen atoms in total.